The van der Waals surface area contributed by atoms with Gasteiger partial charge in [0.2, 0.25) is 0 Å². The molecule has 0 aliphatic carbocycles. The van der Waals surface area contributed by atoms with Crippen molar-refractivity contribution in [3.8, 4) is 0 Å². The molecule has 1 aliphatic heterocycles. The molecule has 0 aromatic carbocycles. The van der Waals surface area contributed by atoms with Gasteiger partial charge >= 0.3 is 12.1 Å². The second-order valence-electron chi connectivity index (χ2n) is 2.87. The second kappa shape index (κ2) is 3.42. The summed E-state index contributed by atoms with van der Waals surface area (Å²) in [7, 11) is 0. The van der Waals surface area contributed by atoms with Gasteiger partial charge in [0, 0.05) is 12.6 Å². The topological polar surface area (TPSA) is 77.8 Å². The predicted octanol–water partition coefficient (Wildman–Crippen LogP) is 0.604. The van der Waals surface area contributed by atoms with E-state index in [4.69, 9.17) is 10.2 Å². The van der Waals surface area contributed by atoms with Crippen LogP contribution >= 0.6 is 0 Å². The van der Waals surface area contributed by atoms with Gasteiger partial charge in [0.25, 0.3) is 0 Å². The van der Waals surface area contributed by atoms with Gasteiger partial charge in [0.1, 0.15) is 0 Å². The Balaban J connectivity index is 2.52. The average molecular weight is 173 g/mol. The minimum atomic E-state index is -1.02. The van der Waals surface area contributed by atoms with Crippen LogP contribution in [-0.4, -0.2) is 39.8 Å². The van der Waals surface area contributed by atoms with Crippen molar-refractivity contribution < 1.29 is 19.8 Å². The number of amides is 1. The van der Waals surface area contributed by atoms with Crippen LogP contribution in [-0.2, 0) is 4.79 Å². The van der Waals surface area contributed by atoms with E-state index in [0.717, 1.165) is 6.42 Å². The van der Waals surface area contributed by atoms with Gasteiger partial charge in [-0.25, -0.2) is 4.79 Å². The van der Waals surface area contributed by atoms with Crippen LogP contribution in [0, 0.1) is 0 Å². The number of nitrogens with zero attached hydrogens (tertiary/aromatic N) is 1. The lowest BCUT2D eigenvalue weighted by Crippen LogP contribution is -2.35. The van der Waals surface area contributed by atoms with Crippen molar-refractivity contribution in [3.63, 3.8) is 0 Å². The molecule has 5 heteroatoms. The highest BCUT2D eigenvalue weighted by Gasteiger charge is 2.29. The lowest BCUT2D eigenvalue weighted by molar-refractivity contribution is -0.138. The second-order valence-corrected chi connectivity index (χ2v) is 2.87. The molecule has 0 saturated carbocycles. The van der Waals surface area contributed by atoms with Gasteiger partial charge in [-0.2, -0.15) is 0 Å². The fourth-order valence-corrected chi connectivity index (χ4v) is 1.50. The minimum Gasteiger partial charge on any atom is -0.481 e. The fourth-order valence-electron chi connectivity index (χ4n) is 1.50. The summed E-state index contributed by atoms with van der Waals surface area (Å²) < 4.78 is 0. The van der Waals surface area contributed by atoms with Crippen LogP contribution in [0.2, 0.25) is 0 Å². The van der Waals surface area contributed by atoms with Crippen LogP contribution in [0.3, 0.4) is 0 Å². The van der Waals surface area contributed by atoms with Crippen molar-refractivity contribution >= 4 is 12.1 Å². The number of hydrogen-bond donors (Lipinski definition) is 2. The normalized spacial score (nSPS) is 22.7. The van der Waals surface area contributed by atoms with Crippen LogP contribution in [0.4, 0.5) is 4.79 Å². The number of hydrogen-bond acceptors (Lipinski definition) is 2. The summed E-state index contributed by atoms with van der Waals surface area (Å²) in [6, 6.07) is -0.319. The number of carboxylic acids is 1. The molecule has 1 aliphatic rings. The summed E-state index contributed by atoms with van der Waals surface area (Å²) in [5.74, 6) is -0.937. The van der Waals surface area contributed by atoms with Crippen molar-refractivity contribution in [2.45, 2.75) is 25.3 Å². The Morgan fingerprint density at radius 2 is 2.08 bits per heavy atom. The van der Waals surface area contributed by atoms with E-state index < -0.39 is 12.1 Å². The van der Waals surface area contributed by atoms with Crippen molar-refractivity contribution in [2.24, 2.45) is 0 Å². The Morgan fingerprint density at radius 3 is 2.58 bits per heavy atom. The molecule has 2 N–H and O–H groups in total. The first-order valence-electron chi connectivity index (χ1n) is 3.82. The van der Waals surface area contributed by atoms with Gasteiger partial charge in [-0.15, -0.1) is 0 Å². The third-order valence-electron chi connectivity index (χ3n) is 2.03. The van der Waals surface area contributed by atoms with Gasteiger partial charge in [0.05, 0.1) is 6.42 Å². The molecule has 1 amide bonds. The zero-order chi connectivity index (χ0) is 9.14. The maximum Gasteiger partial charge on any atom is 0.407 e. The Bertz CT molecular complexity index is 204. The monoisotopic (exact) mass is 173 g/mol. The Kier molecular flexibility index (Phi) is 2.52. The van der Waals surface area contributed by atoms with E-state index in [1.54, 1.807) is 0 Å². The molecule has 0 bridgehead atoms. The molecule has 12 heavy (non-hydrogen) atoms. The lowest BCUT2D eigenvalue weighted by Gasteiger charge is -2.19. The largest absolute Gasteiger partial charge is 0.481 e. The zero-order valence-electron chi connectivity index (χ0n) is 6.56. The highest BCUT2D eigenvalue weighted by Crippen LogP contribution is 2.19. The third-order valence-corrected chi connectivity index (χ3v) is 2.03. The molecule has 0 aromatic rings. The summed E-state index contributed by atoms with van der Waals surface area (Å²) in [5.41, 5.74) is 0. The molecule has 0 spiro atoms. The molecule has 0 unspecified atom stereocenters. The summed E-state index contributed by atoms with van der Waals surface area (Å²) >= 11 is 0. The van der Waals surface area contributed by atoms with Crippen molar-refractivity contribution in [1.29, 1.82) is 0 Å². The van der Waals surface area contributed by atoms with Crippen LogP contribution in [0.25, 0.3) is 0 Å². The molecule has 5 nitrogen and oxygen atoms in total. The summed E-state index contributed by atoms with van der Waals surface area (Å²) in [5, 5.41) is 17.1. The Morgan fingerprint density at radius 1 is 1.42 bits per heavy atom. The molecule has 1 atom stereocenters. The van der Waals surface area contributed by atoms with Crippen LogP contribution < -0.4 is 0 Å². The minimum absolute atomic E-state index is 0.0771. The first-order chi connectivity index (χ1) is 5.61. The number of carboxylic acid groups (broad SMARTS) is 2. The van der Waals surface area contributed by atoms with Crippen molar-refractivity contribution in [1.82, 2.24) is 4.90 Å². The molecule has 0 radical (unpaired) electrons. The maximum absolute atomic E-state index is 10.5. The van der Waals surface area contributed by atoms with E-state index in [1.807, 2.05) is 0 Å². The van der Waals surface area contributed by atoms with Crippen LogP contribution in [0.1, 0.15) is 19.3 Å². The molecule has 1 fully saturated rings. The first-order valence-corrected chi connectivity index (χ1v) is 3.82. The van der Waals surface area contributed by atoms with E-state index in [1.165, 1.54) is 4.90 Å². The van der Waals surface area contributed by atoms with Crippen LogP contribution in [0.5, 0.6) is 0 Å². The molecule has 1 rings (SSSR count). The molecular formula is C7H11NO4. The Hall–Kier alpha value is -1.26. The third kappa shape index (κ3) is 1.87. The Labute approximate surface area is 69.6 Å². The van der Waals surface area contributed by atoms with Gasteiger partial charge < -0.3 is 15.1 Å². The predicted molar refractivity (Wildman–Crippen MR) is 40.0 cm³/mol. The molecule has 0 aromatic heterocycles. The fraction of sp³-hybridized carbons (Fsp3) is 0.714. The summed E-state index contributed by atoms with van der Waals surface area (Å²) in [6.07, 6.45) is 0.341. The van der Waals surface area contributed by atoms with E-state index in [0.29, 0.717) is 13.0 Å². The van der Waals surface area contributed by atoms with E-state index in [2.05, 4.69) is 0 Å². The lowest BCUT2D eigenvalue weighted by atomic mass is 10.1. The zero-order valence-corrected chi connectivity index (χ0v) is 6.56. The molecule has 68 valence electrons. The summed E-state index contributed by atoms with van der Waals surface area (Å²) in [4.78, 5) is 22.0. The number of aliphatic carboxylic acids is 1. The smallest absolute Gasteiger partial charge is 0.407 e. The molecular weight excluding hydrogens is 162 g/mol. The highest BCUT2D eigenvalue weighted by molar-refractivity contribution is 5.70. The van der Waals surface area contributed by atoms with Crippen LogP contribution in [0.15, 0.2) is 0 Å². The molecule has 1 heterocycles. The standard InChI is InChI=1S/C7H11NO4/c9-6(10)4-5-2-1-3-8(5)7(11)12/h5H,1-4H2,(H,9,10)(H,11,12)/t5-/m0/s1. The molecule has 1 saturated heterocycles. The van der Waals surface area contributed by atoms with E-state index in [9.17, 15) is 9.59 Å². The van der Waals surface area contributed by atoms with Crippen molar-refractivity contribution in [3.05, 3.63) is 0 Å². The highest BCUT2D eigenvalue weighted by atomic mass is 16.4. The van der Waals surface area contributed by atoms with Gasteiger partial charge in [-0.05, 0) is 12.8 Å². The van der Waals surface area contributed by atoms with Gasteiger partial charge in [0.15, 0.2) is 0 Å². The van der Waals surface area contributed by atoms with Gasteiger partial charge in [-0.1, -0.05) is 0 Å². The number of rotatable bonds is 2. The average Bonchev–Trinajstić information content (AvgIpc) is 2.33. The number of likely N-dealkylation sites (tertiary alicyclic amines) is 1. The summed E-state index contributed by atoms with van der Waals surface area (Å²) in [6.45, 7) is 0.466. The quantitative estimate of drug-likeness (QED) is 0.641. The maximum atomic E-state index is 10.5. The number of carbonyl (C=O) groups is 2. The van der Waals surface area contributed by atoms with E-state index in [-0.39, 0.29) is 12.5 Å². The van der Waals surface area contributed by atoms with Crippen molar-refractivity contribution in [2.75, 3.05) is 6.54 Å². The van der Waals surface area contributed by atoms with E-state index >= 15 is 0 Å². The SMILES string of the molecule is O=C(O)C[C@@H]1CCCN1C(=O)O. The first kappa shape index (κ1) is 8.83. The van der Waals surface area contributed by atoms with Gasteiger partial charge in [-0.3, -0.25) is 4.79 Å².